The molecule has 1 saturated heterocycles. The third-order valence-electron chi connectivity index (χ3n) is 3.83. The molecular formula is C13H13BF3NO3. The third-order valence-corrected chi connectivity index (χ3v) is 3.83. The number of hydrogen-bond donors (Lipinski definition) is 0. The smallest absolute Gasteiger partial charge is 0.399 e. The van der Waals surface area contributed by atoms with Gasteiger partial charge in [0, 0.05) is 5.46 Å². The van der Waals surface area contributed by atoms with E-state index in [4.69, 9.17) is 9.31 Å². The zero-order chi connectivity index (χ0) is 16.0. The Balaban J connectivity index is 2.58. The fourth-order valence-corrected chi connectivity index (χ4v) is 1.91. The first-order chi connectivity index (χ1) is 9.60. The molecule has 0 amide bonds. The second-order valence-electron chi connectivity index (χ2n) is 5.72. The Kier molecular flexibility index (Phi) is 3.74. The molecule has 0 unspecified atom stereocenters. The second kappa shape index (κ2) is 4.98. The maximum atomic E-state index is 13.7. The minimum absolute atomic E-state index is 0.201. The average Bonchev–Trinajstić information content (AvgIpc) is 2.59. The lowest BCUT2D eigenvalue weighted by atomic mass is 9.77. The molecule has 8 heteroatoms. The molecule has 0 saturated carbocycles. The largest absolute Gasteiger partial charge is 0.497 e. The van der Waals surface area contributed by atoms with Gasteiger partial charge in [0.05, 0.1) is 11.2 Å². The number of isocyanates is 1. The topological polar surface area (TPSA) is 47.9 Å². The van der Waals surface area contributed by atoms with Gasteiger partial charge >= 0.3 is 7.12 Å². The predicted molar refractivity (Wildman–Crippen MR) is 69.8 cm³/mol. The Morgan fingerprint density at radius 1 is 1.10 bits per heavy atom. The van der Waals surface area contributed by atoms with E-state index in [0.717, 1.165) is 6.08 Å². The van der Waals surface area contributed by atoms with Crippen molar-refractivity contribution in [3.63, 3.8) is 0 Å². The number of rotatable bonds is 2. The van der Waals surface area contributed by atoms with E-state index in [2.05, 4.69) is 4.99 Å². The number of nitrogens with zero attached hydrogens (tertiary/aromatic N) is 1. The summed E-state index contributed by atoms with van der Waals surface area (Å²) in [6.45, 7) is 6.97. The molecule has 112 valence electrons. The summed E-state index contributed by atoms with van der Waals surface area (Å²) in [6.07, 6.45) is 1.11. The summed E-state index contributed by atoms with van der Waals surface area (Å²) in [5.74, 6) is -4.71. The highest BCUT2D eigenvalue weighted by atomic mass is 19.2. The maximum absolute atomic E-state index is 13.7. The summed E-state index contributed by atoms with van der Waals surface area (Å²) in [7, 11) is -1.17. The van der Waals surface area contributed by atoms with Crippen LogP contribution in [0.5, 0.6) is 0 Å². The molecular weight excluding hydrogens is 286 g/mol. The Morgan fingerprint density at radius 2 is 1.62 bits per heavy atom. The van der Waals surface area contributed by atoms with Gasteiger partial charge in [-0.25, -0.2) is 18.0 Å². The summed E-state index contributed by atoms with van der Waals surface area (Å²) >= 11 is 0. The van der Waals surface area contributed by atoms with Crippen LogP contribution in [0.2, 0.25) is 0 Å². The van der Waals surface area contributed by atoms with E-state index in [1.165, 1.54) is 0 Å². The Morgan fingerprint density at radius 3 is 2.10 bits per heavy atom. The molecule has 2 rings (SSSR count). The van der Waals surface area contributed by atoms with Crippen molar-refractivity contribution >= 4 is 24.3 Å². The molecule has 1 heterocycles. The van der Waals surface area contributed by atoms with Crippen molar-refractivity contribution < 1.29 is 27.3 Å². The molecule has 0 N–H and O–H groups in total. The van der Waals surface area contributed by atoms with Gasteiger partial charge in [-0.05, 0) is 33.8 Å². The van der Waals surface area contributed by atoms with Crippen molar-refractivity contribution in [1.82, 2.24) is 0 Å². The highest BCUT2D eigenvalue weighted by Gasteiger charge is 2.52. The number of carbonyl (C=O) groups excluding carboxylic acids is 1. The van der Waals surface area contributed by atoms with E-state index in [1.807, 2.05) is 0 Å². The predicted octanol–water partition coefficient (Wildman–Crippen LogP) is 2.37. The van der Waals surface area contributed by atoms with E-state index in [1.54, 1.807) is 27.7 Å². The van der Waals surface area contributed by atoms with Crippen LogP contribution in [-0.2, 0) is 14.1 Å². The van der Waals surface area contributed by atoms with Gasteiger partial charge in [-0.1, -0.05) is 0 Å². The van der Waals surface area contributed by atoms with Gasteiger partial charge in [0.15, 0.2) is 17.5 Å². The lowest BCUT2D eigenvalue weighted by Crippen LogP contribution is -2.41. The minimum atomic E-state index is -1.72. The fourth-order valence-electron chi connectivity index (χ4n) is 1.91. The molecule has 0 atom stereocenters. The molecule has 1 aromatic carbocycles. The molecule has 0 spiro atoms. The number of benzene rings is 1. The third kappa shape index (κ3) is 2.50. The van der Waals surface area contributed by atoms with Crippen LogP contribution >= 0.6 is 0 Å². The van der Waals surface area contributed by atoms with Gasteiger partial charge in [0.2, 0.25) is 6.08 Å². The van der Waals surface area contributed by atoms with Crippen molar-refractivity contribution in [2.24, 2.45) is 4.99 Å². The maximum Gasteiger partial charge on any atom is 0.497 e. The molecule has 1 aliphatic heterocycles. The van der Waals surface area contributed by atoms with Crippen molar-refractivity contribution in [3.05, 3.63) is 23.5 Å². The van der Waals surface area contributed by atoms with Crippen LogP contribution in [0.25, 0.3) is 0 Å². The lowest BCUT2D eigenvalue weighted by molar-refractivity contribution is 0.00578. The standard InChI is InChI=1S/C13H13BF3NO3/c1-12(2)13(3,4)21-14(20-12)7-5-8(15)9(16)10(17)11(7)18-6-19/h5H,1-4H3. The molecule has 0 aliphatic carbocycles. The molecule has 4 nitrogen and oxygen atoms in total. The highest BCUT2D eigenvalue weighted by Crippen LogP contribution is 2.37. The first-order valence-electron chi connectivity index (χ1n) is 6.21. The first kappa shape index (κ1) is 15.8. The minimum Gasteiger partial charge on any atom is -0.399 e. The number of halogens is 3. The van der Waals surface area contributed by atoms with E-state index < -0.39 is 41.5 Å². The quantitative estimate of drug-likeness (QED) is 0.364. The Hall–Kier alpha value is -1.63. The van der Waals surface area contributed by atoms with Crippen molar-refractivity contribution in [3.8, 4) is 0 Å². The summed E-state index contributed by atoms with van der Waals surface area (Å²) in [5.41, 5.74) is -2.40. The van der Waals surface area contributed by atoms with Gasteiger partial charge in [0.25, 0.3) is 0 Å². The number of aliphatic imine (C=N–C) groups is 1. The molecule has 0 bridgehead atoms. The average molecular weight is 299 g/mol. The summed E-state index contributed by atoms with van der Waals surface area (Å²) < 4.78 is 51.7. The van der Waals surface area contributed by atoms with Crippen LogP contribution in [0.1, 0.15) is 27.7 Å². The summed E-state index contributed by atoms with van der Waals surface area (Å²) in [4.78, 5) is 13.5. The van der Waals surface area contributed by atoms with E-state index >= 15 is 0 Å². The van der Waals surface area contributed by atoms with Crippen molar-refractivity contribution in [1.29, 1.82) is 0 Å². The van der Waals surface area contributed by atoms with Crippen LogP contribution in [0.4, 0.5) is 18.9 Å². The molecule has 1 fully saturated rings. The summed E-state index contributed by atoms with van der Waals surface area (Å²) in [6, 6.07) is 0.705. The van der Waals surface area contributed by atoms with E-state index in [0.29, 0.717) is 6.07 Å². The van der Waals surface area contributed by atoms with Crippen molar-refractivity contribution in [2.45, 2.75) is 38.9 Å². The van der Waals surface area contributed by atoms with E-state index in [-0.39, 0.29) is 5.46 Å². The van der Waals surface area contributed by atoms with Crippen LogP contribution in [-0.4, -0.2) is 24.4 Å². The molecule has 1 aromatic rings. The van der Waals surface area contributed by atoms with E-state index in [9.17, 15) is 18.0 Å². The lowest BCUT2D eigenvalue weighted by Gasteiger charge is -2.32. The number of hydrogen-bond acceptors (Lipinski definition) is 4. The van der Waals surface area contributed by atoms with Crippen LogP contribution in [0.15, 0.2) is 11.1 Å². The molecule has 21 heavy (non-hydrogen) atoms. The first-order valence-corrected chi connectivity index (χ1v) is 6.21. The molecule has 0 aromatic heterocycles. The van der Waals surface area contributed by atoms with Crippen molar-refractivity contribution in [2.75, 3.05) is 0 Å². The van der Waals surface area contributed by atoms with Gasteiger partial charge < -0.3 is 9.31 Å². The Labute approximate surface area is 120 Å². The molecule has 1 aliphatic rings. The van der Waals surface area contributed by atoms with Gasteiger partial charge in [-0.15, -0.1) is 0 Å². The van der Waals surface area contributed by atoms with Crippen LogP contribution in [0.3, 0.4) is 0 Å². The Bertz CT molecular complexity index is 626. The fraction of sp³-hybridized carbons (Fsp3) is 0.462. The van der Waals surface area contributed by atoms with Gasteiger partial charge in [-0.3, -0.25) is 0 Å². The van der Waals surface area contributed by atoms with Crippen LogP contribution < -0.4 is 5.46 Å². The second-order valence-corrected chi connectivity index (χ2v) is 5.72. The zero-order valence-corrected chi connectivity index (χ0v) is 12.0. The van der Waals surface area contributed by atoms with Crippen LogP contribution in [0, 0.1) is 17.5 Å². The van der Waals surface area contributed by atoms with Gasteiger partial charge in [0.1, 0.15) is 5.69 Å². The SMILES string of the molecule is CC1(C)OB(c2cc(F)c(F)c(F)c2N=C=O)OC1(C)C. The van der Waals surface area contributed by atoms with Gasteiger partial charge in [-0.2, -0.15) is 4.99 Å². The molecule has 0 radical (unpaired) electrons. The highest BCUT2D eigenvalue weighted by molar-refractivity contribution is 6.63. The summed E-state index contributed by atoms with van der Waals surface area (Å²) in [5, 5.41) is 0. The normalized spacial score (nSPS) is 19.5. The zero-order valence-electron chi connectivity index (χ0n) is 12.0. The monoisotopic (exact) mass is 299 g/mol.